The molecule has 0 fully saturated rings. The predicted octanol–water partition coefficient (Wildman–Crippen LogP) is 3.62. The lowest BCUT2D eigenvalue weighted by atomic mass is 10.0. The predicted molar refractivity (Wildman–Crippen MR) is 117 cm³/mol. The molecule has 0 bridgehead atoms. The van der Waals surface area contributed by atoms with Crippen LogP contribution in [0.15, 0.2) is 77.7 Å². The first kappa shape index (κ1) is 20.9. The van der Waals surface area contributed by atoms with Crippen molar-refractivity contribution in [2.45, 2.75) is 0 Å². The third kappa shape index (κ3) is 4.36. The molecule has 9 heteroatoms. The van der Waals surface area contributed by atoms with Gasteiger partial charge in [0.15, 0.2) is 0 Å². The lowest BCUT2D eigenvalue weighted by molar-refractivity contribution is -0.757. The summed E-state index contributed by atoms with van der Waals surface area (Å²) in [5.41, 5.74) is 2.74. The van der Waals surface area contributed by atoms with E-state index in [1.165, 1.54) is 4.40 Å². The minimum atomic E-state index is -0.865. The minimum Gasteiger partial charge on any atom is -0.497 e. The van der Waals surface area contributed by atoms with Gasteiger partial charge in [0.2, 0.25) is 0 Å². The molecule has 0 saturated carbocycles. The first-order valence-corrected chi connectivity index (χ1v) is 9.73. The van der Waals surface area contributed by atoms with Crippen LogP contribution < -0.4 is 15.0 Å². The Morgan fingerprint density at radius 2 is 1.72 bits per heavy atom. The van der Waals surface area contributed by atoms with Crippen LogP contribution in [0.25, 0.3) is 28.0 Å². The fraction of sp³-hybridized carbons (Fsp3) is 0.130. The van der Waals surface area contributed by atoms with Crippen LogP contribution in [0.2, 0.25) is 0 Å². The van der Waals surface area contributed by atoms with Crippen LogP contribution >= 0.6 is 0 Å². The zero-order valence-electron chi connectivity index (χ0n) is 17.1. The topological polar surface area (TPSA) is 105 Å². The van der Waals surface area contributed by atoms with E-state index in [1.54, 1.807) is 49.7 Å². The van der Waals surface area contributed by atoms with Crippen LogP contribution in [-0.4, -0.2) is 34.8 Å². The van der Waals surface area contributed by atoms with Crippen molar-refractivity contribution in [3.8, 4) is 33.9 Å². The van der Waals surface area contributed by atoms with E-state index < -0.39 is 5.09 Å². The molecule has 0 saturated heterocycles. The van der Waals surface area contributed by atoms with Gasteiger partial charge in [-0.3, -0.25) is 9.20 Å². The van der Waals surface area contributed by atoms with Gasteiger partial charge in [-0.25, -0.2) is 4.98 Å². The van der Waals surface area contributed by atoms with E-state index in [1.807, 2.05) is 30.3 Å². The molecule has 0 amide bonds. The molecule has 4 rings (SSSR count). The molecule has 2 heterocycles. The first-order chi connectivity index (χ1) is 15.6. The summed E-state index contributed by atoms with van der Waals surface area (Å²) < 4.78 is 12.2. The standard InChI is InChI=1S/C23H19N3O6/c1-30-19-11-12-25-20(15-19)24-22(21(23(25)27)16-5-3-2-4-6-16)17-7-9-18(10-8-17)31-13-14-32-26(28)29/h2-12,15H,13-14H2,1H3. The molecule has 0 aliphatic heterocycles. The maximum Gasteiger partial charge on any atom is 0.294 e. The average molecular weight is 433 g/mol. The van der Waals surface area contributed by atoms with Gasteiger partial charge in [0.1, 0.15) is 30.4 Å². The number of fused-ring (bicyclic) bond motifs is 1. The zero-order chi connectivity index (χ0) is 22.5. The molecule has 9 nitrogen and oxygen atoms in total. The van der Waals surface area contributed by atoms with Crippen molar-refractivity contribution >= 4 is 5.65 Å². The molecule has 0 atom stereocenters. The minimum absolute atomic E-state index is 0.0327. The van der Waals surface area contributed by atoms with Crippen LogP contribution in [0.1, 0.15) is 0 Å². The van der Waals surface area contributed by atoms with Gasteiger partial charge < -0.3 is 14.3 Å². The third-order valence-electron chi connectivity index (χ3n) is 4.78. The second kappa shape index (κ2) is 9.17. The van der Waals surface area contributed by atoms with E-state index in [-0.39, 0.29) is 18.8 Å². The number of aromatic nitrogens is 2. The molecule has 32 heavy (non-hydrogen) atoms. The highest BCUT2D eigenvalue weighted by molar-refractivity contribution is 5.81. The smallest absolute Gasteiger partial charge is 0.294 e. The van der Waals surface area contributed by atoms with E-state index in [0.717, 1.165) is 11.1 Å². The van der Waals surface area contributed by atoms with Crippen LogP contribution in [0.4, 0.5) is 0 Å². The maximum atomic E-state index is 13.4. The fourth-order valence-electron chi connectivity index (χ4n) is 3.30. The number of hydrogen-bond acceptors (Lipinski definition) is 7. The molecule has 4 aromatic rings. The van der Waals surface area contributed by atoms with E-state index in [9.17, 15) is 14.9 Å². The highest BCUT2D eigenvalue weighted by atomic mass is 17.0. The Hall–Kier alpha value is -4.40. The molecule has 162 valence electrons. The molecular weight excluding hydrogens is 414 g/mol. The number of benzene rings is 2. The summed E-state index contributed by atoms with van der Waals surface area (Å²) in [6, 6.07) is 19.8. The monoisotopic (exact) mass is 433 g/mol. The Kier molecular flexibility index (Phi) is 5.98. The van der Waals surface area contributed by atoms with Crippen molar-refractivity contribution in [2.75, 3.05) is 20.3 Å². The van der Waals surface area contributed by atoms with Gasteiger partial charge in [0, 0.05) is 17.8 Å². The van der Waals surface area contributed by atoms with Crippen LogP contribution in [-0.2, 0) is 4.84 Å². The van der Waals surface area contributed by atoms with Gasteiger partial charge in [-0.1, -0.05) is 30.3 Å². The normalized spacial score (nSPS) is 10.7. The quantitative estimate of drug-likeness (QED) is 0.237. The van der Waals surface area contributed by atoms with Gasteiger partial charge in [-0.2, -0.15) is 0 Å². The maximum absolute atomic E-state index is 13.4. The number of ether oxygens (including phenoxy) is 2. The summed E-state index contributed by atoms with van der Waals surface area (Å²) in [7, 11) is 1.55. The number of hydrogen-bond donors (Lipinski definition) is 0. The first-order valence-electron chi connectivity index (χ1n) is 9.73. The van der Waals surface area contributed by atoms with Crippen molar-refractivity contribution in [2.24, 2.45) is 0 Å². The largest absolute Gasteiger partial charge is 0.497 e. The highest BCUT2D eigenvalue weighted by Gasteiger charge is 2.17. The Balaban J connectivity index is 1.76. The Morgan fingerprint density at radius 3 is 2.41 bits per heavy atom. The Bertz CT molecular complexity index is 1300. The Morgan fingerprint density at radius 1 is 0.969 bits per heavy atom. The molecule has 2 aromatic heterocycles. The lowest BCUT2D eigenvalue weighted by Gasteiger charge is -2.13. The van der Waals surface area contributed by atoms with E-state index in [2.05, 4.69) is 4.84 Å². The van der Waals surface area contributed by atoms with Gasteiger partial charge in [-0.05, 0) is 35.9 Å². The van der Waals surface area contributed by atoms with Crippen LogP contribution in [0, 0.1) is 10.1 Å². The van der Waals surface area contributed by atoms with E-state index in [4.69, 9.17) is 14.5 Å². The number of pyridine rings is 1. The van der Waals surface area contributed by atoms with E-state index >= 15 is 0 Å². The molecule has 2 aromatic carbocycles. The zero-order valence-corrected chi connectivity index (χ0v) is 17.1. The molecule has 0 unspecified atom stereocenters. The van der Waals surface area contributed by atoms with Gasteiger partial charge >= 0.3 is 0 Å². The SMILES string of the molecule is COc1ccn2c(=O)c(-c3ccccc3)c(-c3ccc(OCCO[N+](=O)[O-])cc3)nc2c1. The highest BCUT2D eigenvalue weighted by Crippen LogP contribution is 2.30. The molecule has 0 radical (unpaired) electrons. The molecule has 0 N–H and O–H groups in total. The van der Waals surface area contributed by atoms with Crippen molar-refractivity contribution in [1.82, 2.24) is 9.38 Å². The van der Waals surface area contributed by atoms with Crippen molar-refractivity contribution < 1.29 is 19.4 Å². The summed E-state index contributed by atoms with van der Waals surface area (Å²) in [5, 5.41) is 9.34. The van der Waals surface area contributed by atoms with Crippen molar-refractivity contribution in [3.05, 3.63) is 93.4 Å². The summed E-state index contributed by atoms with van der Waals surface area (Å²) in [5.74, 6) is 1.11. The van der Waals surface area contributed by atoms with Crippen LogP contribution in [0.3, 0.4) is 0 Å². The third-order valence-corrected chi connectivity index (χ3v) is 4.78. The lowest BCUT2D eigenvalue weighted by Crippen LogP contribution is -2.18. The number of nitrogens with zero attached hydrogens (tertiary/aromatic N) is 3. The van der Waals surface area contributed by atoms with Crippen molar-refractivity contribution in [1.29, 1.82) is 0 Å². The van der Waals surface area contributed by atoms with E-state index in [0.29, 0.717) is 28.4 Å². The Labute approximate surface area is 182 Å². The van der Waals surface area contributed by atoms with Gasteiger partial charge in [-0.15, -0.1) is 10.1 Å². The van der Waals surface area contributed by atoms with Crippen LogP contribution in [0.5, 0.6) is 11.5 Å². The molecule has 0 aliphatic rings. The fourth-order valence-corrected chi connectivity index (χ4v) is 3.30. The second-order valence-electron chi connectivity index (χ2n) is 6.73. The van der Waals surface area contributed by atoms with Gasteiger partial charge in [0.05, 0.1) is 18.4 Å². The number of methoxy groups -OCH3 is 1. The molecular formula is C23H19N3O6. The molecule has 0 spiro atoms. The molecule has 0 aliphatic carbocycles. The average Bonchev–Trinajstić information content (AvgIpc) is 2.82. The second-order valence-corrected chi connectivity index (χ2v) is 6.73. The summed E-state index contributed by atoms with van der Waals surface area (Å²) in [4.78, 5) is 32.6. The number of rotatable bonds is 8. The summed E-state index contributed by atoms with van der Waals surface area (Å²) in [6.07, 6.45) is 1.64. The van der Waals surface area contributed by atoms with Gasteiger partial charge in [0.25, 0.3) is 10.6 Å². The summed E-state index contributed by atoms with van der Waals surface area (Å²) in [6.45, 7) is -0.136. The van der Waals surface area contributed by atoms with Crippen molar-refractivity contribution in [3.63, 3.8) is 0 Å². The summed E-state index contributed by atoms with van der Waals surface area (Å²) >= 11 is 0.